The molecule has 1 aromatic heterocycles. The number of hydrogen-bond donors (Lipinski definition) is 1. The summed E-state index contributed by atoms with van der Waals surface area (Å²) in [5.41, 5.74) is 0.266. The molecule has 1 aliphatic heterocycles. The molecule has 1 fully saturated rings. The van der Waals surface area contributed by atoms with Gasteiger partial charge in [0.05, 0.1) is 10.6 Å². The number of hydrogen-bond acceptors (Lipinski definition) is 3. The van der Waals surface area contributed by atoms with Crippen LogP contribution in [0.5, 0.6) is 0 Å². The van der Waals surface area contributed by atoms with Gasteiger partial charge in [-0.05, 0) is 25.3 Å². The summed E-state index contributed by atoms with van der Waals surface area (Å²) in [4.78, 5) is 29.6. The average Bonchev–Trinajstić information content (AvgIpc) is 2.50. The maximum absolute atomic E-state index is 12.0. The van der Waals surface area contributed by atoms with Gasteiger partial charge < -0.3 is 10.2 Å². The summed E-state index contributed by atoms with van der Waals surface area (Å²) < 4.78 is 0. The number of nitrogens with zero attached hydrogens (tertiary/aromatic N) is 2. The number of halogens is 2. The summed E-state index contributed by atoms with van der Waals surface area (Å²) in [6.45, 7) is 1.92. The zero-order valence-corrected chi connectivity index (χ0v) is 13.1. The monoisotopic (exact) mass is 329 g/mol. The molecule has 1 saturated heterocycles. The minimum atomic E-state index is -0.351. The first-order valence-electron chi connectivity index (χ1n) is 6.95. The predicted molar refractivity (Wildman–Crippen MR) is 81.6 cm³/mol. The highest BCUT2D eigenvalue weighted by Gasteiger charge is 2.17. The van der Waals surface area contributed by atoms with E-state index in [-0.39, 0.29) is 34.1 Å². The number of carbonyl (C=O) groups is 2. The highest BCUT2D eigenvalue weighted by molar-refractivity contribution is 6.35. The maximum atomic E-state index is 12.0. The zero-order chi connectivity index (χ0) is 15.2. The van der Waals surface area contributed by atoms with Crippen molar-refractivity contribution < 1.29 is 9.59 Å². The van der Waals surface area contributed by atoms with E-state index in [1.54, 1.807) is 0 Å². The van der Waals surface area contributed by atoms with Gasteiger partial charge in [0.25, 0.3) is 5.91 Å². The van der Waals surface area contributed by atoms with E-state index >= 15 is 0 Å². The number of pyridine rings is 1. The van der Waals surface area contributed by atoms with Crippen molar-refractivity contribution in [3.05, 3.63) is 28.0 Å². The van der Waals surface area contributed by atoms with E-state index in [4.69, 9.17) is 23.2 Å². The Hall–Kier alpha value is -1.33. The molecule has 0 aliphatic carbocycles. The second-order valence-electron chi connectivity index (χ2n) is 4.93. The van der Waals surface area contributed by atoms with Crippen molar-refractivity contribution >= 4 is 35.0 Å². The van der Waals surface area contributed by atoms with Gasteiger partial charge in [0.15, 0.2) is 0 Å². The molecule has 2 heterocycles. The molecule has 1 aromatic rings. The Morgan fingerprint density at radius 2 is 1.95 bits per heavy atom. The van der Waals surface area contributed by atoms with Crippen LogP contribution < -0.4 is 5.32 Å². The predicted octanol–water partition coefficient (Wildman–Crippen LogP) is 2.52. The summed E-state index contributed by atoms with van der Waals surface area (Å²) in [6, 6.07) is 1.41. The van der Waals surface area contributed by atoms with Crippen molar-refractivity contribution in [2.75, 3.05) is 19.6 Å². The lowest BCUT2D eigenvalue weighted by Gasteiger charge is -2.26. The molecule has 0 unspecified atom stereocenters. The number of carbonyl (C=O) groups excluding carboxylic acids is 2. The van der Waals surface area contributed by atoms with Crippen molar-refractivity contribution in [2.45, 2.75) is 25.7 Å². The van der Waals surface area contributed by atoms with E-state index in [1.165, 1.54) is 18.7 Å². The summed E-state index contributed by atoms with van der Waals surface area (Å²) in [5, 5.41) is 3.12. The molecule has 0 bridgehead atoms. The number of piperidine rings is 1. The smallest absolute Gasteiger partial charge is 0.252 e. The zero-order valence-electron chi connectivity index (χ0n) is 11.6. The third-order valence-corrected chi connectivity index (χ3v) is 3.91. The molecule has 0 spiro atoms. The fourth-order valence-corrected chi connectivity index (χ4v) is 2.61. The normalized spacial score (nSPS) is 14.9. The third kappa shape index (κ3) is 4.58. The van der Waals surface area contributed by atoms with Crippen molar-refractivity contribution in [2.24, 2.45) is 0 Å². The largest absolute Gasteiger partial charge is 0.351 e. The lowest BCUT2D eigenvalue weighted by Crippen LogP contribution is -2.37. The van der Waals surface area contributed by atoms with Crippen molar-refractivity contribution in [1.82, 2.24) is 15.2 Å². The van der Waals surface area contributed by atoms with E-state index < -0.39 is 0 Å². The van der Waals surface area contributed by atoms with E-state index in [9.17, 15) is 9.59 Å². The minimum Gasteiger partial charge on any atom is -0.351 e. The number of aromatic nitrogens is 1. The second kappa shape index (κ2) is 7.61. The van der Waals surface area contributed by atoms with Crippen molar-refractivity contribution in [1.29, 1.82) is 0 Å². The highest BCUT2D eigenvalue weighted by atomic mass is 35.5. The lowest BCUT2D eigenvalue weighted by atomic mass is 10.1. The molecule has 21 heavy (non-hydrogen) atoms. The Balaban J connectivity index is 1.81. The second-order valence-corrected chi connectivity index (χ2v) is 5.73. The summed E-state index contributed by atoms with van der Waals surface area (Å²) in [6.07, 6.45) is 4.92. The van der Waals surface area contributed by atoms with E-state index in [2.05, 4.69) is 10.3 Å². The maximum Gasteiger partial charge on any atom is 0.252 e. The molecule has 0 aromatic carbocycles. The standard InChI is InChI=1S/C14H17Cl2N3O2/c15-11-9-18-12(16)8-10(11)14(21)17-5-4-13(20)19-6-2-1-3-7-19/h8-9H,1-7H2,(H,17,21). The van der Waals surface area contributed by atoms with Crippen LogP contribution in [-0.2, 0) is 4.79 Å². The molecule has 0 radical (unpaired) electrons. The summed E-state index contributed by atoms with van der Waals surface area (Å²) in [7, 11) is 0. The van der Waals surface area contributed by atoms with E-state index in [1.807, 2.05) is 4.90 Å². The van der Waals surface area contributed by atoms with Crippen LogP contribution in [0.3, 0.4) is 0 Å². The van der Waals surface area contributed by atoms with Gasteiger partial charge >= 0.3 is 0 Å². The molecule has 1 N–H and O–H groups in total. The van der Waals surface area contributed by atoms with Gasteiger partial charge in [0, 0.05) is 32.3 Å². The Morgan fingerprint density at radius 1 is 1.24 bits per heavy atom. The molecular formula is C14H17Cl2N3O2. The van der Waals surface area contributed by atoms with Gasteiger partial charge in [0.1, 0.15) is 5.15 Å². The van der Waals surface area contributed by atoms with Gasteiger partial charge in [-0.25, -0.2) is 4.98 Å². The first kappa shape index (κ1) is 16.0. The molecule has 0 saturated carbocycles. The third-order valence-electron chi connectivity index (χ3n) is 3.40. The van der Waals surface area contributed by atoms with E-state index in [0.29, 0.717) is 6.42 Å². The molecule has 2 amide bonds. The Morgan fingerprint density at radius 3 is 2.67 bits per heavy atom. The molecular weight excluding hydrogens is 313 g/mol. The summed E-state index contributed by atoms with van der Waals surface area (Å²) in [5.74, 6) is -0.274. The molecule has 7 heteroatoms. The fraction of sp³-hybridized carbons (Fsp3) is 0.500. The number of rotatable bonds is 4. The van der Waals surface area contributed by atoms with Crippen LogP contribution in [0.1, 0.15) is 36.0 Å². The van der Waals surface area contributed by atoms with Crippen LogP contribution in [0.15, 0.2) is 12.3 Å². The van der Waals surface area contributed by atoms with Crippen LogP contribution in [0, 0.1) is 0 Å². The Bertz CT molecular complexity index is 531. The number of nitrogens with one attached hydrogen (secondary N) is 1. The van der Waals surface area contributed by atoms with Gasteiger partial charge in [-0.3, -0.25) is 9.59 Å². The molecule has 5 nitrogen and oxygen atoms in total. The van der Waals surface area contributed by atoms with Gasteiger partial charge in [0.2, 0.25) is 5.91 Å². The van der Waals surface area contributed by atoms with Crippen molar-refractivity contribution in [3.63, 3.8) is 0 Å². The van der Waals surface area contributed by atoms with Gasteiger partial charge in [-0.15, -0.1) is 0 Å². The van der Waals surface area contributed by atoms with Crippen LogP contribution in [0.25, 0.3) is 0 Å². The molecule has 1 aliphatic rings. The topological polar surface area (TPSA) is 62.3 Å². The van der Waals surface area contributed by atoms with E-state index in [0.717, 1.165) is 25.9 Å². The van der Waals surface area contributed by atoms with Crippen molar-refractivity contribution in [3.8, 4) is 0 Å². The average molecular weight is 330 g/mol. The van der Waals surface area contributed by atoms with Crippen LogP contribution in [0.4, 0.5) is 0 Å². The van der Waals surface area contributed by atoms with Gasteiger partial charge in [-0.2, -0.15) is 0 Å². The molecule has 114 valence electrons. The minimum absolute atomic E-state index is 0.0776. The summed E-state index contributed by atoms with van der Waals surface area (Å²) >= 11 is 11.6. The SMILES string of the molecule is O=C(NCCC(=O)N1CCCCC1)c1cc(Cl)ncc1Cl. The van der Waals surface area contributed by atoms with Crippen LogP contribution >= 0.6 is 23.2 Å². The number of amides is 2. The Kier molecular flexibility index (Phi) is 5.82. The quantitative estimate of drug-likeness (QED) is 0.863. The first-order valence-corrected chi connectivity index (χ1v) is 7.70. The highest BCUT2D eigenvalue weighted by Crippen LogP contribution is 2.17. The fourth-order valence-electron chi connectivity index (χ4n) is 2.27. The van der Waals surface area contributed by atoms with Crippen LogP contribution in [-0.4, -0.2) is 41.3 Å². The number of likely N-dealkylation sites (tertiary alicyclic amines) is 1. The molecule has 2 rings (SSSR count). The molecule has 0 atom stereocenters. The van der Waals surface area contributed by atoms with Crippen LogP contribution in [0.2, 0.25) is 10.2 Å². The lowest BCUT2D eigenvalue weighted by molar-refractivity contribution is -0.131. The Labute approximate surface area is 133 Å². The first-order chi connectivity index (χ1) is 10.1. The van der Waals surface area contributed by atoms with Gasteiger partial charge in [-0.1, -0.05) is 23.2 Å².